The molecule has 0 radical (unpaired) electrons. The molecule has 0 atom stereocenters. The van der Waals surface area contributed by atoms with E-state index < -0.39 is 5.97 Å². The van der Waals surface area contributed by atoms with E-state index in [9.17, 15) is 14.4 Å². The van der Waals surface area contributed by atoms with Gasteiger partial charge in [-0.1, -0.05) is 56.8 Å². The molecular formula is C19H22N2O4S. The third-order valence-corrected chi connectivity index (χ3v) is 4.61. The van der Waals surface area contributed by atoms with Gasteiger partial charge in [-0.25, -0.2) is 4.98 Å². The van der Waals surface area contributed by atoms with Gasteiger partial charge in [0.1, 0.15) is 0 Å². The van der Waals surface area contributed by atoms with Crippen LogP contribution < -0.4 is 5.56 Å². The number of hydrogen-bond donors (Lipinski definition) is 1. The quantitative estimate of drug-likeness (QED) is 0.362. The number of thioether (sulfide) groups is 1. The maximum absolute atomic E-state index is 12.4. The maximum atomic E-state index is 12.4. The van der Waals surface area contributed by atoms with E-state index in [2.05, 4.69) is 35.5 Å². The minimum atomic E-state index is -0.478. The summed E-state index contributed by atoms with van der Waals surface area (Å²) in [5.74, 6) is -0.398. The molecule has 0 bridgehead atoms. The highest BCUT2D eigenvalue weighted by molar-refractivity contribution is 7.99. The van der Waals surface area contributed by atoms with Gasteiger partial charge >= 0.3 is 5.97 Å². The summed E-state index contributed by atoms with van der Waals surface area (Å²) in [7, 11) is 1.27. The zero-order valence-electron chi connectivity index (χ0n) is 15.3. The van der Waals surface area contributed by atoms with E-state index in [1.165, 1.54) is 13.2 Å². The minimum absolute atomic E-state index is 0.0276. The number of benzene rings is 1. The van der Waals surface area contributed by atoms with Crippen LogP contribution in [0.15, 0.2) is 40.3 Å². The van der Waals surface area contributed by atoms with Crippen LogP contribution in [-0.2, 0) is 21.4 Å². The third-order valence-electron chi connectivity index (χ3n) is 3.74. The van der Waals surface area contributed by atoms with E-state index in [1.54, 1.807) is 0 Å². The number of Topliss-reactive ketones (excluding diaryl/α,β-unsaturated/α-hetero) is 1. The minimum Gasteiger partial charge on any atom is -0.469 e. The molecule has 0 aliphatic carbocycles. The van der Waals surface area contributed by atoms with E-state index in [1.807, 2.05) is 24.3 Å². The van der Waals surface area contributed by atoms with Gasteiger partial charge in [0.15, 0.2) is 10.9 Å². The number of rotatable bonds is 6. The molecule has 0 aliphatic rings. The number of nitrogens with one attached hydrogen (secondary N) is 1. The molecule has 0 spiro atoms. The number of methoxy groups -OCH3 is 1. The Labute approximate surface area is 156 Å². The van der Waals surface area contributed by atoms with E-state index >= 15 is 0 Å². The van der Waals surface area contributed by atoms with Crippen molar-refractivity contribution in [1.82, 2.24) is 9.97 Å². The number of ketones is 1. The first-order valence-corrected chi connectivity index (χ1v) is 9.11. The molecule has 0 fully saturated rings. The number of aromatic amines is 1. The van der Waals surface area contributed by atoms with Crippen molar-refractivity contribution in [2.75, 3.05) is 12.9 Å². The Morgan fingerprint density at radius 2 is 1.85 bits per heavy atom. The molecule has 1 N–H and O–H groups in total. The molecule has 7 heteroatoms. The fourth-order valence-electron chi connectivity index (χ4n) is 2.24. The Bertz CT molecular complexity index is 851. The van der Waals surface area contributed by atoms with Crippen LogP contribution >= 0.6 is 11.8 Å². The Morgan fingerprint density at radius 3 is 2.42 bits per heavy atom. The molecule has 138 valence electrons. The molecule has 0 aliphatic heterocycles. The lowest BCUT2D eigenvalue weighted by Crippen LogP contribution is -2.14. The first-order valence-electron chi connectivity index (χ1n) is 8.12. The monoisotopic (exact) mass is 374 g/mol. The standard InChI is InChI=1S/C19H22N2O4S/c1-19(2,3)13-7-5-12(6-8-13)15(22)11-26-18-20-14(9-16(23)21-18)10-17(24)25-4/h5-9H,10-11H2,1-4H3,(H,20,21,23). The van der Waals surface area contributed by atoms with Gasteiger partial charge in [-0.05, 0) is 11.0 Å². The lowest BCUT2D eigenvalue weighted by Gasteiger charge is -2.18. The summed E-state index contributed by atoms with van der Waals surface area (Å²) < 4.78 is 4.57. The Hall–Kier alpha value is -2.41. The van der Waals surface area contributed by atoms with Crippen molar-refractivity contribution in [1.29, 1.82) is 0 Å². The van der Waals surface area contributed by atoms with E-state index in [0.29, 0.717) is 16.4 Å². The van der Waals surface area contributed by atoms with Crippen LogP contribution in [-0.4, -0.2) is 34.6 Å². The molecule has 1 aromatic carbocycles. The fourth-order valence-corrected chi connectivity index (χ4v) is 3.02. The van der Waals surface area contributed by atoms with Crippen molar-refractivity contribution < 1.29 is 14.3 Å². The molecule has 26 heavy (non-hydrogen) atoms. The van der Waals surface area contributed by atoms with Crippen molar-refractivity contribution >= 4 is 23.5 Å². The van der Waals surface area contributed by atoms with Gasteiger partial charge in [-0.15, -0.1) is 0 Å². The van der Waals surface area contributed by atoms with Gasteiger partial charge in [0.25, 0.3) is 5.56 Å². The van der Waals surface area contributed by atoms with E-state index in [0.717, 1.165) is 17.3 Å². The van der Waals surface area contributed by atoms with Crippen LogP contribution in [0.2, 0.25) is 0 Å². The smallest absolute Gasteiger partial charge is 0.311 e. The number of ether oxygens (including phenoxy) is 1. The van der Waals surface area contributed by atoms with Crippen LogP contribution in [0.25, 0.3) is 0 Å². The first-order chi connectivity index (χ1) is 12.2. The van der Waals surface area contributed by atoms with Gasteiger partial charge in [0.2, 0.25) is 0 Å². The molecule has 1 heterocycles. The predicted octanol–water partition coefficient (Wildman–Crippen LogP) is 2.76. The summed E-state index contributed by atoms with van der Waals surface area (Å²) in [6.45, 7) is 6.34. The number of hydrogen-bond acceptors (Lipinski definition) is 6. The Morgan fingerprint density at radius 1 is 1.19 bits per heavy atom. The zero-order valence-corrected chi connectivity index (χ0v) is 16.1. The molecule has 0 amide bonds. The third kappa shape index (κ3) is 5.56. The number of carbonyl (C=O) groups excluding carboxylic acids is 2. The summed E-state index contributed by atoms with van der Waals surface area (Å²) in [6, 6.07) is 8.78. The largest absolute Gasteiger partial charge is 0.469 e. The predicted molar refractivity (Wildman–Crippen MR) is 101 cm³/mol. The van der Waals surface area contributed by atoms with Crippen molar-refractivity contribution in [3.05, 3.63) is 57.5 Å². The van der Waals surface area contributed by atoms with Crippen LogP contribution in [0.5, 0.6) is 0 Å². The van der Waals surface area contributed by atoms with Crippen molar-refractivity contribution in [3.8, 4) is 0 Å². The number of esters is 1. The summed E-state index contributed by atoms with van der Waals surface area (Å²) >= 11 is 1.13. The molecule has 0 unspecified atom stereocenters. The lowest BCUT2D eigenvalue weighted by molar-refractivity contribution is -0.139. The second kappa shape index (κ2) is 8.31. The highest BCUT2D eigenvalue weighted by Crippen LogP contribution is 2.23. The van der Waals surface area contributed by atoms with Crippen molar-refractivity contribution in [3.63, 3.8) is 0 Å². The number of aromatic nitrogens is 2. The van der Waals surface area contributed by atoms with Crippen molar-refractivity contribution in [2.24, 2.45) is 0 Å². The first kappa shape index (κ1) is 19.9. The Kier molecular flexibility index (Phi) is 6.37. The highest BCUT2D eigenvalue weighted by Gasteiger charge is 2.15. The second-order valence-electron chi connectivity index (χ2n) is 6.83. The average Bonchev–Trinajstić information content (AvgIpc) is 2.58. The van der Waals surface area contributed by atoms with E-state index in [4.69, 9.17) is 0 Å². The molecule has 0 saturated carbocycles. The van der Waals surface area contributed by atoms with Gasteiger partial charge < -0.3 is 9.72 Å². The topological polar surface area (TPSA) is 89.1 Å². The molecule has 2 aromatic rings. The number of nitrogens with zero attached hydrogens (tertiary/aromatic N) is 1. The zero-order chi connectivity index (χ0) is 19.3. The normalized spacial score (nSPS) is 11.2. The molecule has 0 saturated heterocycles. The van der Waals surface area contributed by atoms with Gasteiger partial charge in [0, 0.05) is 11.6 Å². The summed E-state index contributed by atoms with van der Waals surface area (Å²) in [5.41, 5.74) is 1.73. The van der Waals surface area contributed by atoms with Gasteiger partial charge in [-0.2, -0.15) is 0 Å². The number of H-pyrrole nitrogens is 1. The molecule has 6 nitrogen and oxygen atoms in total. The average molecular weight is 374 g/mol. The second-order valence-corrected chi connectivity index (χ2v) is 7.80. The summed E-state index contributed by atoms with van der Waals surface area (Å²) in [6.07, 6.45) is -0.0871. The summed E-state index contributed by atoms with van der Waals surface area (Å²) in [4.78, 5) is 42.1. The van der Waals surface area contributed by atoms with E-state index in [-0.39, 0.29) is 28.9 Å². The molecule has 2 rings (SSSR count). The Balaban J connectivity index is 2.05. The van der Waals surface area contributed by atoms with Crippen LogP contribution in [0, 0.1) is 0 Å². The van der Waals surface area contributed by atoms with Crippen LogP contribution in [0.1, 0.15) is 42.4 Å². The highest BCUT2D eigenvalue weighted by atomic mass is 32.2. The molecule has 1 aromatic heterocycles. The van der Waals surface area contributed by atoms with Gasteiger partial charge in [0.05, 0.1) is 25.0 Å². The molecular weight excluding hydrogens is 352 g/mol. The maximum Gasteiger partial charge on any atom is 0.311 e. The van der Waals surface area contributed by atoms with Crippen LogP contribution in [0.4, 0.5) is 0 Å². The van der Waals surface area contributed by atoms with Crippen LogP contribution in [0.3, 0.4) is 0 Å². The number of carbonyl (C=O) groups is 2. The fraction of sp³-hybridized carbons (Fsp3) is 0.368. The summed E-state index contributed by atoms with van der Waals surface area (Å²) in [5, 5.41) is 0.302. The van der Waals surface area contributed by atoms with Gasteiger partial charge in [-0.3, -0.25) is 14.4 Å². The van der Waals surface area contributed by atoms with Crippen molar-refractivity contribution in [2.45, 2.75) is 37.8 Å². The lowest BCUT2D eigenvalue weighted by atomic mass is 9.86. The SMILES string of the molecule is COC(=O)Cc1cc(=O)[nH]c(SCC(=O)c2ccc(C(C)(C)C)cc2)n1.